The number of hydrogen-bond acceptors (Lipinski definition) is 5. The van der Waals surface area contributed by atoms with Gasteiger partial charge in [-0.05, 0) is 42.5 Å². The molecule has 1 aromatic heterocycles. The van der Waals surface area contributed by atoms with E-state index < -0.39 is 0 Å². The number of carbonyl (C=O) groups is 1. The number of aromatic amines is 1. The Kier molecular flexibility index (Phi) is 4.09. The molecule has 7 nitrogen and oxygen atoms in total. The summed E-state index contributed by atoms with van der Waals surface area (Å²) < 4.78 is 11.2. The van der Waals surface area contributed by atoms with Gasteiger partial charge >= 0.3 is 0 Å². The van der Waals surface area contributed by atoms with E-state index in [0.717, 1.165) is 6.42 Å². The third-order valence-electron chi connectivity index (χ3n) is 6.52. The Balaban J connectivity index is 1.33. The van der Waals surface area contributed by atoms with Crippen molar-refractivity contribution in [2.75, 3.05) is 18.5 Å². The summed E-state index contributed by atoms with van der Waals surface area (Å²) in [4.78, 5) is 33.7. The van der Waals surface area contributed by atoms with E-state index in [1.165, 1.54) is 0 Å². The quantitative estimate of drug-likeness (QED) is 0.641. The molecule has 0 unspecified atom stereocenters. The highest BCUT2D eigenvalue weighted by Crippen LogP contribution is 2.52. The van der Waals surface area contributed by atoms with Crippen LogP contribution in [0.4, 0.5) is 5.69 Å². The van der Waals surface area contributed by atoms with Gasteiger partial charge in [0.2, 0.25) is 5.91 Å². The van der Waals surface area contributed by atoms with Gasteiger partial charge < -0.3 is 19.8 Å². The van der Waals surface area contributed by atoms with Gasteiger partial charge in [-0.25, -0.2) is 4.98 Å². The van der Waals surface area contributed by atoms with Gasteiger partial charge in [0.25, 0.3) is 5.56 Å². The highest BCUT2D eigenvalue weighted by Gasteiger charge is 2.50. The zero-order chi connectivity index (χ0) is 20.9. The van der Waals surface area contributed by atoms with Crippen molar-refractivity contribution in [2.24, 2.45) is 17.8 Å². The number of hydrogen-bond donors (Lipinski definition) is 2. The first-order valence-corrected chi connectivity index (χ1v) is 10.6. The number of carbonyl (C=O) groups excluding carboxylic acids is 1. The van der Waals surface area contributed by atoms with E-state index in [0.29, 0.717) is 47.1 Å². The molecule has 3 aromatic rings. The minimum absolute atomic E-state index is 0.0747. The summed E-state index contributed by atoms with van der Waals surface area (Å²) in [6.07, 6.45) is 5.16. The Labute approximate surface area is 178 Å². The molecule has 1 saturated carbocycles. The van der Waals surface area contributed by atoms with Gasteiger partial charge in [0, 0.05) is 17.7 Å². The second kappa shape index (κ2) is 6.97. The van der Waals surface area contributed by atoms with Crippen LogP contribution in [0.5, 0.6) is 11.5 Å². The van der Waals surface area contributed by atoms with Crippen LogP contribution in [0.2, 0.25) is 0 Å². The molecule has 156 valence electrons. The molecule has 6 rings (SSSR count). The number of fused-ring (bicyclic) bond motifs is 4. The van der Waals surface area contributed by atoms with Gasteiger partial charge in [-0.3, -0.25) is 9.59 Å². The van der Waals surface area contributed by atoms with Crippen molar-refractivity contribution in [2.45, 2.75) is 12.3 Å². The number of nitrogens with one attached hydrogen (secondary N) is 2. The molecule has 4 atom stereocenters. The van der Waals surface area contributed by atoms with Crippen LogP contribution in [-0.2, 0) is 4.79 Å². The molecule has 7 heteroatoms. The van der Waals surface area contributed by atoms with Crippen LogP contribution in [0, 0.1) is 17.8 Å². The number of para-hydroxylation sites is 1. The lowest BCUT2D eigenvalue weighted by atomic mass is 9.81. The van der Waals surface area contributed by atoms with Crippen LogP contribution in [0.3, 0.4) is 0 Å². The Morgan fingerprint density at radius 3 is 2.74 bits per heavy atom. The molecule has 1 amide bonds. The maximum absolute atomic E-state index is 13.4. The van der Waals surface area contributed by atoms with Gasteiger partial charge in [-0.15, -0.1) is 0 Å². The van der Waals surface area contributed by atoms with Crippen molar-refractivity contribution in [1.82, 2.24) is 9.97 Å². The van der Waals surface area contributed by atoms with E-state index in [4.69, 9.17) is 14.5 Å². The first-order chi connectivity index (χ1) is 15.2. The number of nitrogens with zero attached hydrogens (tertiary/aromatic N) is 1. The summed E-state index contributed by atoms with van der Waals surface area (Å²) in [7, 11) is 0. The third kappa shape index (κ3) is 3.00. The summed E-state index contributed by atoms with van der Waals surface area (Å²) in [5, 5.41) is 3.60. The molecule has 2 aliphatic carbocycles. The molecule has 0 saturated heterocycles. The van der Waals surface area contributed by atoms with Crippen LogP contribution in [0.25, 0.3) is 10.9 Å². The number of allylic oxidation sites excluding steroid dienone is 2. The summed E-state index contributed by atoms with van der Waals surface area (Å²) in [6, 6.07) is 12.7. The lowest BCUT2D eigenvalue weighted by molar-refractivity contribution is -0.121. The van der Waals surface area contributed by atoms with Crippen LogP contribution in [-0.4, -0.2) is 29.1 Å². The number of ether oxygens (including phenoxy) is 2. The Bertz CT molecular complexity index is 1280. The average Bonchev–Trinajstić information content (AvgIpc) is 3.41. The van der Waals surface area contributed by atoms with Crippen LogP contribution >= 0.6 is 0 Å². The molecule has 0 radical (unpaired) electrons. The molecule has 31 heavy (non-hydrogen) atoms. The number of anilines is 1. The summed E-state index contributed by atoms with van der Waals surface area (Å²) >= 11 is 0. The van der Waals surface area contributed by atoms with E-state index in [-0.39, 0.29) is 35.1 Å². The molecular weight excluding hydrogens is 394 g/mol. The zero-order valence-corrected chi connectivity index (χ0v) is 16.7. The number of rotatable bonds is 3. The van der Waals surface area contributed by atoms with Crippen molar-refractivity contribution in [3.05, 3.63) is 70.8 Å². The standard InChI is InChI=1S/C24H21N3O4/c28-23-16-3-1-2-4-17(16)26-22(27-23)20-13-5-6-14(11-13)21(20)24(29)25-15-7-8-18-19(12-15)31-10-9-30-18/h1-8,12-14,20-21H,9-11H2,(H,25,29)(H,26,27,28)/t13-,14+,20+,21+/m1/s1. The molecule has 2 heterocycles. The molecular formula is C24H21N3O4. The Morgan fingerprint density at radius 1 is 1.03 bits per heavy atom. The molecule has 1 fully saturated rings. The maximum atomic E-state index is 13.4. The van der Waals surface area contributed by atoms with Crippen molar-refractivity contribution >= 4 is 22.5 Å². The van der Waals surface area contributed by atoms with E-state index in [9.17, 15) is 9.59 Å². The van der Waals surface area contributed by atoms with Crippen LogP contribution in [0.15, 0.2) is 59.4 Å². The van der Waals surface area contributed by atoms with Crippen LogP contribution < -0.4 is 20.3 Å². The predicted octanol–water partition coefficient (Wildman–Crippen LogP) is 3.24. The van der Waals surface area contributed by atoms with Crippen molar-refractivity contribution in [3.8, 4) is 11.5 Å². The van der Waals surface area contributed by atoms with E-state index >= 15 is 0 Å². The lowest BCUT2D eigenvalue weighted by Crippen LogP contribution is -2.33. The molecule has 1 aliphatic heterocycles. The van der Waals surface area contributed by atoms with Crippen LogP contribution in [0.1, 0.15) is 18.2 Å². The summed E-state index contributed by atoms with van der Waals surface area (Å²) in [6.45, 7) is 1.01. The Morgan fingerprint density at radius 2 is 1.84 bits per heavy atom. The zero-order valence-electron chi connectivity index (χ0n) is 16.7. The minimum atomic E-state index is -0.299. The minimum Gasteiger partial charge on any atom is -0.486 e. The first kappa shape index (κ1) is 18.2. The topological polar surface area (TPSA) is 93.3 Å². The average molecular weight is 415 g/mol. The van der Waals surface area contributed by atoms with E-state index in [1.54, 1.807) is 12.1 Å². The smallest absolute Gasteiger partial charge is 0.258 e. The number of H-pyrrole nitrogens is 1. The normalized spacial score (nSPS) is 25.7. The summed E-state index contributed by atoms with van der Waals surface area (Å²) in [5.41, 5.74) is 1.15. The van der Waals surface area contributed by atoms with Gasteiger partial charge in [-0.1, -0.05) is 24.3 Å². The van der Waals surface area contributed by atoms with E-state index in [2.05, 4.69) is 22.5 Å². The van der Waals surface area contributed by atoms with Crippen molar-refractivity contribution < 1.29 is 14.3 Å². The molecule has 2 aromatic carbocycles. The first-order valence-electron chi connectivity index (χ1n) is 10.6. The SMILES string of the molecule is O=C(Nc1ccc2c(c1)OCCO2)[C@@H]1[C@@H](c2nc3ccccc3c(=O)[nH]2)[C@@H]2C=C[C@H]1C2. The maximum Gasteiger partial charge on any atom is 0.258 e. The van der Waals surface area contributed by atoms with Crippen molar-refractivity contribution in [3.63, 3.8) is 0 Å². The highest BCUT2D eigenvalue weighted by molar-refractivity contribution is 5.94. The largest absolute Gasteiger partial charge is 0.486 e. The fraction of sp³-hybridized carbons (Fsp3) is 0.292. The fourth-order valence-corrected chi connectivity index (χ4v) is 5.16. The molecule has 2 N–H and O–H groups in total. The lowest BCUT2D eigenvalue weighted by Gasteiger charge is -2.27. The second-order valence-electron chi connectivity index (χ2n) is 8.32. The van der Waals surface area contributed by atoms with Gasteiger partial charge in [0.1, 0.15) is 19.0 Å². The molecule has 2 bridgehead atoms. The van der Waals surface area contributed by atoms with Gasteiger partial charge in [-0.2, -0.15) is 0 Å². The summed E-state index contributed by atoms with van der Waals surface area (Å²) in [5.74, 6) is 1.68. The third-order valence-corrected chi connectivity index (χ3v) is 6.52. The highest BCUT2D eigenvalue weighted by atomic mass is 16.6. The number of benzene rings is 2. The Hall–Kier alpha value is -3.61. The molecule has 0 spiro atoms. The second-order valence-corrected chi connectivity index (χ2v) is 8.32. The monoisotopic (exact) mass is 415 g/mol. The number of amides is 1. The molecule has 3 aliphatic rings. The van der Waals surface area contributed by atoms with Gasteiger partial charge in [0.05, 0.1) is 16.8 Å². The van der Waals surface area contributed by atoms with E-state index in [1.807, 2.05) is 30.3 Å². The van der Waals surface area contributed by atoms with Crippen molar-refractivity contribution in [1.29, 1.82) is 0 Å². The number of aromatic nitrogens is 2. The fourth-order valence-electron chi connectivity index (χ4n) is 5.16. The van der Waals surface area contributed by atoms with Gasteiger partial charge in [0.15, 0.2) is 11.5 Å². The predicted molar refractivity (Wildman–Crippen MR) is 115 cm³/mol.